The van der Waals surface area contributed by atoms with Crippen LogP contribution < -0.4 is 0 Å². The Balaban J connectivity index is 1.66. The first kappa shape index (κ1) is 18.3. The fourth-order valence-electron chi connectivity index (χ4n) is 4.43. The highest BCUT2D eigenvalue weighted by Gasteiger charge is 2.38. The lowest BCUT2D eigenvalue weighted by Gasteiger charge is -2.33. The van der Waals surface area contributed by atoms with Gasteiger partial charge in [0.25, 0.3) is 5.71 Å². The van der Waals surface area contributed by atoms with Crippen LogP contribution in [0.5, 0.6) is 0 Å². The number of hydrogen-bond acceptors (Lipinski definition) is 4. The summed E-state index contributed by atoms with van der Waals surface area (Å²) in [6.45, 7) is 2.55. The minimum Gasteiger partial charge on any atom is -0.342 e. The number of piperidine rings is 1. The second kappa shape index (κ2) is 6.80. The Hall–Kier alpha value is -2.12. The van der Waals surface area contributed by atoms with Crippen molar-refractivity contribution in [3.05, 3.63) is 23.0 Å². The summed E-state index contributed by atoms with van der Waals surface area (Å²) in [4.78, 5) is 18.6. The topological polar surface area (TPSA) is 59.2 Å². The van der Waals surface area contributed by atoms with Crippen LogP contribution in [0.4, 0.5) is 13.2 Å². The first-order valence-corrected chi connectivity index (χ1v) is 9.47. The Bertz CT molecular complexity index is 856. The summed E-state index contributed by atoms with van der Waals surface area (Å²) in [6.07, 6.45) is 0.880. The van der Waals surface area contributed by atoms with Gasteiger partial charge in [-0.25, -0.2) is 4.98 Å². The zero-order chi connectivity index (χ0) is 19.2. The number of hydrogen-bond donors (Lipinski definition) is 0. The average molecular weight is 381 g/mol. The summed E-state index contributed by atoms with van der Waals surface area (Å²) in [5.41, 5.74) is -0.343. The molecule has 0 N–H and O–H groups in total. The van der Waals surface area contributed by atoms with Gasteiger partial charge in [0, 0.05) is 30.6 Å². The van der Waals surface area contributed by atoms with Gasteiger partial charge in [0.15, 0.2) is 0 Å². The van der Waals surface area contributed by atoms with Gasteiger partial charge in [-0.3, -0.25) is 4.79 Å². The number of carbonyl (C=O) groups excluding carboxylic acids is 1. The number of nitrogens with zero attached hydrogens (tertiary/aromatic N) is 3. The number of halogens is 3. The molecule has 0 spiro atoms. The molecule has 1 aliphatic carbocycles. The monoisotopic (exact) mass is 381 g/mol. The Morgan fingerprint density at radius 3 is 2.67 bits per heavy atom. The number of amides is 1. The van der Waals surface area contributed by atoms with Crippen molar-refractivity contribution in [1.29, 1.82) is 0 Å². The van der Waals surface area contributed by atoms with Crippen LogP contribution in [0.3, 0.4) is 0 Å². The van der Waals surface area contributed by atoms with Crippen LogP contribution in [-0.4, -0.2) is 34.0 Å². The number of fused-ring (bicyclic) bond motifs is 1. The molecule has 0 radical (unpaired) electrons. The molecule has 5 nitrogen and oxygen atoms in total. The number of aryl methyl sites for hydroxylation is 1. The minimum absolute atomic E-state index is 0.0618. The first-order chi connectivity index (χ1) is 12.8. The summed E-state index contributed by atoms with van der Waals surface area (Å²) in [6, 6.07) is 1.04. The van der Waals surface area contributed by atoms with Gasteiger partial charge in [-0.15, -0.1) is 0 Å². The van der Waals surface area contributed by atoms with Crippen LogP contribution in [0.15, 0.2) is 10.6 Å². The maximum Gasteiger partial charge on any atom is 0.417 e. The number of pyridine rings is 1. The van der Waals surface area contributed by atoms with Crippen molar-refractivity contribution in [2.45, 2.75) is 57.5 Å². The van der Waals surface area contributed by atoms with Crippen molar-refractivity contribution >= 4 is 17.0 Å². The summed E-state index contributed by atoms with van der Waals surface area (Å²) in [5, 5.41) is 3.89. The lowest BCUT2D eigenvalue weighted by Crippen LogP contribution is -2.42. The van der Waals surface area contributed by atoms with Crippen molar-refractivity contribution in [2.24, 2.45) is 5.92 Å². The minimum atomic E-state index is -4.51. The van der Waals surface area contributed by atoms with E-state index in [0.29, 0.717) is 19.5 Å². The molecular formula is C19H22F3N3O2. The van der Waals surface area contributed by atoms with Crippen molar-refractivity contribution < 1.29 is 22.5 Å². The zero-order valence-corrected chi connectivity index (χ0v) is 15.2. The predicted octanol–water partition coefficient (Wildman–Crippen LogP) is 4.45. The summed E-state index contributed by atoms with van der Waals surface area (Å²) < 4.78 is 45.9. The van der Waals surface area contributed by atoms with Crippen LogP contribution in [0.25, 0.3) is 11.1 Å². The van der Waals surface area contributed by atoms with Gasteiger partial charge in [0.05, 0.1) is 16.6 Å². The molecule has 0 bridgehead atoms. The van der Waals surface area contributed by atoms with E-state index in [0.717, 1.165) is 38.2 Å². The molecule has 1 atom stereocenters. The lowest BCUT2D eigenvalue weighted by molar-refractivity contribution is -0.137. The molecule has 146 valence electrons. The lowest BCUT2D eigenvalue weighted by atomic mass is 9.91. The molecule has 2 aromatic heterocycles. The van der Waals surface area contributed by atoms with Crippen molar-refractivity contribution in [2.75, 3.05) is 13.1 Å². The van der Waals surface area contributed by atoms with E-state index in [1.807, 2.05) is 0 Å². The fourth-order valence-corrected chi connectivity index (χ4v) is 4.43. The Kier molecular flexibility index (Phi) is 4.60. The molecule has 3 heterocycles. The number of likely N-dealkylation sites (tertiary alicyclic amines) is 1. The molecule has 2 aromatic rings. The predicted molar refractivity (Wildman–Crippen MR) is 92.1 cm³/mol. The number of rotatable bonds is 2. The largest absolute Gasteiger partial charge is 0.417 e. The molecule has 27 heavy (non-hydrogen) atoms. The normalized spacial score (nSPS) is 21.9. The third kappa shape index (κ3) is 3.41. The van der Waals surface area contributed by atoms with Crippen molar-refractivity contribution in [3.8, 4) is 0 Å². The van der Waals surface area contributed by atoms with E-state index in [1.54, 1.807) is 4.90 Å². The van der Waals surface area contributed by atoms with E-state index in [4.69, 9.17) is 4.52 Å². The van der Waals surface area contributed by atoms with E-state index in [2.05, 4.69) is 10.1 Å². The van der Waals surface area contributed by atoms with Crippen LogP contribution in [0.2, 0.25) is 0 Å². The molecule has 1 saturated carbocycles. The van der Waals surface area contributed by atoms with E-state index in [1.165, 1.54) is 6.92 Å². The van der Waals surface area contributed by atoms with Gasteiger partial charge in [-0.1, -0.05) is 18.0 Å². The van der Waals surface area contributed by atoms with Crippen LogP contribution in [0.1, 0.15) is 61.4 Å². The average Bonchev–Trinajstić information content (AvgIpc) is 3.29. The summed E-state index contributed by atoms with van der Waals surface area (Å²) >= 11 is 0. The quantitative estimate of drug-likeness (QED) is 0.771. The van der Waals surface area contributed by atoms with E-state index in [9.17, 15) is 18.0 Å². The third-order valence-electron chi connectivity index (χ3n) is 5.73. The van der Waals surface area contributed by atoms with Crippen LogP contribution in [-0.2, 0) is 11.0 Å². The molecule has 0 unspecified atom stereocenters. The maximum atomic E-state index is 13.6. The standard InChI is InChI=1S/C19H22F3N3O2/c1-11-9-14(19(20,21)22)15-16(24-27-17(15)23-11)13-7-4-8-25(10-13)18(26)12-5-2-3-6-12/h9,12-13H,2-8,10H2,1H3/t13-/m0/s1. The Morgan fingerprint density at radius 1 is 1.22 bits per heavy atom. The second-order valence-corrected chi connectivity index (χ2v) is 7.66. The molecule has 8 heteroatoms. The Labute approximate surface area is 154 Å². The molecular weight excluding hydrogens is 359 g/mol. The molecule has 0 aromatic carbocycles. The fraction of sp³-hybridized carbons (Fsp3) is 0.632. The highest BCUT2D eigenvalue weighted by atomic mass is 19.4. The summed E-state index contributed by atoms with van der Waals surface area (Å²) in [5.74, 6) is -0.0705. The maximum absolute atomic E-state index is 13.6. The zero-order valence-electron chi connectivity index (χ0n) is 15.2. The number of alkyl halides is 3. The Morgan fingerprint density at radius 2 is 1.96 bits per heavy atom. The number of aromatic nitrogens is 2. The molecule has 1 amide bonds. The summed E-state index contributed by atoms with van der Waals surface area (Å²) in [7, 11) is 0. The highest BCUT2D eigenvalue weighted by molar-refractivity contribution is 5.82. The second-order valence-electron chi connectivity index (χ2n) is 7.66. The van der Waals surface area contributed by atoms with Gasteiger partial charge < -0.3 is 9.42 Å². The van der Waals surface area contributed by atoms with Gasteiger partial charge in [-0.2, -0.15) is 13.2 Å². The first-order valence-electron chi connectivity index (χ1n) is 9.47. The van der Waals surface area contributed by atoms with Gasteiger partial charge in [-0.05, 0) is 38.7 Å². The van der Waals surface area contributed by atoms with E-state index < -0.39 is 11.7 Å². The van der Waals surface area contributed by atoms with Crippen LogP contribution in [0, 0.1) is 12.8 Å². The van der Waals surface area contributed by atoms with Gasteiger partial charge >= 0.3 is 6.18 Å². The smallest absolute Gasteiger partial charge is 0.342 e. The SMILES string of the molecule is Cc1cc(C(F)(F)F)c2c([C@H]3CCCN(C(=O)C4CCCC4)C3)noc2n1. The molecule has 2 aliphatic rings. The van der Waals surface area contributed by atoms with Crippen molar-refractivity contribution in [3.63, 3.8) is 0 Å². The highest BCUT2D eigenvalue weighted by Crippen LogP contribution is 2.40. The van der Waals surface area contributed by atoms with Gasteiger partial charge in [0.2, 0.25) is 5.91 Å². The van der Waals surface area contributed by atoms with E-state index >= 15 is 0 Å². The molecule has 1 aliphatic heterocycles. The molecule has 4 rings (SSSR count). The van der Waals surface area contributed by atoms with E-state index in [-0.39, 0.29) is 40.2 Å². The molecule has 1 saturated heterocycles. The van der Waals surface area contributed by atoms with Gasteiger partial charge in [0.1, 0.15) is 0 Å². The molecule has 2 fully saturated rings. The third-order valence-corrected chi connectivity index (χ3v) is 5.73. The number of carbonyl (C=O) groups is 1. The van der Waals surface area contributed by atoms with Crippen molar-refractivity contribution in [1.82, 2.24) is 15.0 Å². The van der Waals surface area contributed by atoms with Crippen LogP contribution >= 0.6 is 0 Å².